The number of nitrogens with one attached hydrogen (secondary N) is 1. The first kappa shape index (κ1) is 17.9. The molecule has 23 heavy (non-hydrogen) atoms. The second-order valence-electron chi connectivity index (χ2n) is 6.25. The fraction of sp³-hybridized carbons (Fsp3) is 0.733. The predicted molar refractivity (Wildman–Crippen MR) is 88.2 cm³/mol. The molecule has 1 aromatic rings. The van der Waals surface area contributed by atoms with E-state index in [-0.39, 0.29) is 17.9 Å². The van der Waals surface area contributed by atoms with Crippen LogP contribution in [0.15, 0.2) is 18.7 Å². The van der Waals surface area contributed by atoms with E-state index < -0.39 is 10.0 Å². The van der Waals surface area contributed by atoms with Gasteiger partial charge in [0.25, 0.3) is 0 Å². The second kappa shape index (κ2) is 7.92. The van der Waals surface area contributed by atoms with Crippen molar-refractivity contribution in [3.8, 4) is 0 Å². The van der Waals surface area contributed by atoms with Gasteiger partial charge in [-0.1, -0.05) is 13.3 Å². The highest BCUT2D eigenvalue weighted by Gasteiger charge is 2.35. The van der Waals surface area contributed by atoms with Crippen LogP contribution in [0.25, 0.3) is 0 Å². The van der Waals surface area contributed by atoms with Crippen molar-refractivity contribution in [2.24, 2.45) is 5.92 Å². The number of hydrogen-bond acceptors (Lipinski definition) is 4. The molecular weight excluding hydrogens is 316 g/mol. The van der Waals surface area contributed by atoms with Crippen molar-refractivity contribution in [1.29, 1.82) is 0 Å². The van der Waals surface area contributed by atoms with Gasteiger partial charge in [0.05, 0.1) is 12.6 Å². The van der Waals surface area contributed by atoms with Gasteiger partial charge in [-0.25, -0.2) is 18.1 Å². The van der Waals surface area contributed by atoms with Crippen LogP contribution in [0.2, 0.25) is 0 Å². The lowest BCUT2D eigenvalue weighted by atomic mass is 9.99. The van der Waals surface area contributed by atoms with Crippen molar-refractivity contribution in [1.82, 2.24) is 19.2 Å². The van der Waals surface area contributed by atoms with Crippen LogP contribution >= 0.6 is 0 Å². The quantitative estimate of drug-likeness (QED) is 0.759. The molecule has 0 spiro atoms. The fourth-order valence-electron chi connectivity index (χ4n) is 3.14. The molecule has 2 rings (SSSR count). The maximum Gasteiger partial charge on any atom is 0.222 e. The molecule has 1 aliphatic rings. The highest BCUT2D eigenvalue weighted by atomic mass is 32.2. The van der Waals surface area contributed by atoms with Crippen molar-refractivity contribution in [2.45, 2.75) is 45.2 Å². The minimum Gasteiger partial charge on any atom is -0.341 e. The molecule has 130 valence electrons. The van der Waals surface area contributed by atoms with E-state index in [1.807, 2.05) is 10.8 Å². The molecule has 0 bridgehead atoms. The SMILES string of the molecule is CCC[C@H]1CN(C(=O)CCCn2ccnc2)C[C@@H]1NS(C)(=O)=O. The van der Waals surface area contributed by atoms with E-state index in [1.165, 1.54) is 6.26 Å². The number of aryl methyl sites for hydroxylation is 1. The van der Waals surface area contributed by atoms with Gasteiger partial charge in [-0.2, -0.15) is 0 Å². The lowest BCUT2D eigenvalue weighted by Crippen LogP contribution is -2.40. The molecule has 2 atom stereocenters. The van der Waals surface area contributed by atoms with Crippen molar-refractivity contribution in [3.63, 3.8) is 0 Å². The number of nitrogens with zero attached hydrogens (tertiary/aromatic N) is 3. The first-order valence-corrected chi connectivity index (χ1v) is 9.99. The van der Waals surface area contributed by atoms with Crippen LogP contribution in [0, 0.1) is 5.92 Å². The Balaban J connectivity index is 1.85. The summed E-state index contributed by atoms with van der Waals surface area (Å²) in [6.07, 6.45) is 9.65. The molecule has 1 fully saturated rings. The molecule has 0 saturated carbocycles. The number of carbonyl (C=O) groups excluding carboxylic acids is 1. The molecule has 7 nitrogen and oxygen atoms in total. The van der Waals surface area contributed by atoms with Crippen LogP contribution in [-0.4, -0.2) is 54.2 Å². The van der Waals surface area contributed by atoms with Crippen LogP contribution in [0.1, 0.15) is 32.6 Å². The van der Waals surface area contributed by atoms with Gasteiger partial charge in [-0.05, 0) is 18.8 Å². The standard InChI is InChI=1S/C15H26N4O3S/c1-3-5-13-10-19(11-14(13)17-23(2,21)22)15(20)6-4-8-18-9-7-16-12-18/h7,9,12-14,17H,3-6,8,10-11H2,1-2H3/t13-,14-/m0/s1. The molecule has 1 N–H and O–H groups in total. The number of sulfonamides is 1. The van der Waals surface area contributed by atoms with Gasteiger partial charge in [-0.15, -0.1) is 0 Å². The monoisotopic (exact) mass is 342 g/mol. The normalized spacial score (nSPS) is 21.7. The van der Waals surface area contributed by atoms with Gasteiger partial charge in [0, 0.05) is 44.5 Å². The summed E-state index contributed by atoms with van der Waals surface area (Å²) in [6, 6.07) is -0.164. The van der Waals surface area contributed by atoms with Crippen LogP contribution in [0.3, 0.4) is 0 Å². The topological polar surface area (TPSA) is 84.3 Å². The Hall–Kier alpha value is -1.41. The van der Waals surface area contributed by atoms with Gasteiger partial charge in [0.15, 0.2) is 0 Å². The number of rotatable bonds is 8. The molecule has 0 unspecified atom stereocenters. The number of hydrogen-bond donors (Lipinski definition) is 1. The third-order valence-corrected chi connectivity index (χ3v) is 4.92. The summed E-state index contributed by atoms with van der Waals surface area (Å²) >= 11 is 0. The molecule has 1 saturated heterocycles. The Kier molecular flexibility index (Phi) is 6.17. The van der Waals surface area contributed by atoms with E-state index in [9.17, 15) is 13.2 Å². The van der Waals surface area contributed by atoms with Gasteiger partial charge in [-0.3, -0.25) is 4.79 Å². The smallest absolute Gasteiger partial charge is 0.222 e. The van der Waals surface area contributed by atoms with Gasteiger partial charge in [0.1, 0.15) is 0 Å². The molecule has 1 amide bonds. The Morgan fingerprint density at radius 1 is 1.39 bits per heavy atom. The Labute approximate surface area is 138 Å². The molecule has 1 aromatic heterocycles. The minimum absolute atomic E-state index is 0.101. The summed E-state index contributed by atoms with van der Waals surface area (Å²) in [5, 5.41) is 0. The van der Waals surface area contributed by atoms with E-state index in [1.54, 1.807) is 17.4 Å². The molecular formula is C15H26N4O3S. The number of carbonyl (C=O) groups is 1. The largest absolute Gasteiger partial charge is 0.341 e. The maximum atomic E-state index is 12.4. The van der Waals surface area contributed by atoms with Crippen molar-refractivity contribution >= 4 is 15.9 Å². The summed E-state index contributed by atoms with van der Waals surface area (Å²) in [6.45, 7) is 3.96. The first-order chi connectivity index (χ1) is 10.9. The van der Waals surface area contributed by atoms with Crippen molar-refractivity contribution in [2.75, 3.05) is 19.3 Å². The van der Waals surface area contributed by atoms with Gasteiger partial charge in [0.2, 0.25) is 15.9 Å². The zero-order valence-electron chi connectivity index (χ0n) is 13.8. The summed E-state index contributed by atoms with van der Waals surface area (Å²) in [4.78, 5) is 18.1. The second-order valence-corrected chi connectivity index (χ2v) is 8.03. The summed E-state index contributed by atoms with van der Waals surface area (Å²) < 4.78 is 27.6. The average Bonchev–Trinajstić information content (AvgIpc) is 3.08. The van der Waals surface area contributed by atoms with E-state index in [4.69, 9.17) is 0 Å². The van der Waals surface area contributed by atoms with Crippen LogP contribution in [-0.2, 0) is 21.4 Å². The average molecular weight is 342 g/mol. The minimum atomic E-state index is -3.25. The fourth-order valence-corrected chi connectivity index (χ4v) is 3.95. The Morgan fingerprint density at radius 3 is 2.78 bits per heavy atom. The zero-order valence-corrected chi connectivity index (χ0v) is 14.6. The van der Waals surface area contributed by atoms with Crippen LogP contribution in [0.4, 0.5) is 0 Å². The zero-order chi connectivity index (χ0) is 16.9. The Morgan fingerprint density at radius 2 is 2.17 bits per heavy atom. The molecule has 0 aliphatic carbocycles. The highest BCUT2D eigenvalue weighted by molar-refractivity contribution is 7.88. The number of amides is 1. The van der Waals surface area contributed by atoms with Crippen LogP contribution < -0.4 is 4.72 Å². The lowest BCUT2D eigenvalue weighted by molar-refractivity contribution is -0.130. The third kappa shape index (κ3) is 5.62. The molecule has 2 heterocycles. The molecule has 8 heteroatoms. The summed E-state index contributed by atoms with van der Waals surface area (Å²) in [5.41, 5.74) is 0. The number of aromatic nitrogens is 2. The van der Waals surface area contributed by atoms with Gasteiger partial charge < -0.3 is 9.47 Å². The lowest BCUT2D eigenvalue weighted by Gasteiger charge is -2.17. The predicted octanol–water partition coefficient (Wildman–Crippen LogP) is 0.840. The number of likely N-dealkylation sites (tertiary alicyclic amines) is 1. The van der Waals surface area contributed by atoms with E-state index in [0.717, 1.165) is 25.8 Å². The molecule has 1 aliphatic heterocycles. The Bertz CT molecular complexity index is 600. The summed E-state index contributed by atoms with van der Waals surface area (Å²) in [7, 11) is -3.25. The van der Waals surface area contributed by atoms with Crippen LogP contribution in [0.5, 0.6) is 0 Å². The van der Waals surface area contributed by atoms with E-state index in [0.29, 0.717) is 19.5 Å². The summed E-state index contributed by atoms with van der Waals surface area (Å²) in [5.74, 6) is 0.302. The van der Waals surface area contributed by atoms with Crippen molar-refractivity contribution < 1.29 is 13.2 Å². The van der Waals surface area contributed by atoms with Gasteiger partial charge >= 0.3 is 0 Å². The van der Waals surface area contributed by atoms with E-state index in [2.05, 4.69) is 16.6 Å². The maximum absolute atomic E-state index is 12.4. The van der Waals surface area contributed by atoms with E-state index >= 15 is 0 Å². The molecule has 0 radical (unpaired) electrons. The third-order valence-electron chi connectivity index (χ3n) is 4.18. The number of imidazole rings is 1. The first-order valence-electron chi connectivity index (χ1n) is 8.10. The molecule has 0 aromatic carbocycles. The highest BCUT2D eigenvalue weighted by Crippen LogP contribution is 2.23. The van der Waals surface area contributed by atoms with Crippen molar-refractivity contribution in [3.05, 3.63) is 18.7 Å².